The van der Waals surface area contributed by atoms with Crippen molar-refractivity contribution in [2.75, 3.05) is 13.7 Å². The highest BCUT2D eigenvalue weighted by Crippen LogP contribution is 2.13. The molecule has 1 aromatic rings. The van der Waals surface area contributed by atoms with Crippen LogP contribution < -0.4 is 10.1 Å². The van der Waals surface area contributed by atoms with Crippen molar-refractivity contribution in [2.45, 2.75) is 32.7 Å². The molecule has 0 aliphatic heterocycles. The van der Waals surface area contributed by atoms with Crippen LogP contribution in [0, 0.1) is 6.92 Å². The predicted molar refractivity (Wildman–Crippen MR) is 64.4 cm³/mol. The van der Waals surface area contributed by atoms with E-state index in [2.05, 4.69) is 38.2 Å². The average Bonchev–Trinajstić information content (AvgIpc) is 2.21. The highest BCUT2D eigenvalue weighted by molar-refractivity contribution is 5.26. The first-order chi connectivity index (χ1) is 7.03. The maximum Gasteiger partial charge on any atom is 0.119 e. The predicted octanol–water partition coefficient (Wildman–Crippen LogP) is 2.76. The lowest BCUT2D eigenvalue weighted by Crippen LogP contribution is -2.37. The van der Waals surface area contributed by atoms with E-state index in [1.165, 1.54) is 5.56 Å². The number of ether oxygens (including phenoxy) is 1. The second kappa shape index (κ2) is 5.17. The van der Waals surface area contributed by atoms with E-state index in [1.807, 2.05) is 19.2 Å². The molecule has 0 saturated heterocycles. The van der Waals surface area contributed by atoms with Gasteiger partial charge in [-0.15, -0.1) is 0 Å². The summed E-state index contributed by atoms with van der Waals surface area (Å²) < 4.78 is 5.66. The summed E-state index contributed by atoms with van der Waals surface area (Å²) in [7, 11) is 1.98. The van der Waals surface area contributed by atoms with Gasteiger partial charge in [-0.25, -0.2) is 0 Å². The van der Waals surface area contributed by atoms with Gasteiger partial charge in [0.15, 0.2) is 0 Å². The van der Waals surface area contributed by atoms with Crippen molar-refractivity contribution in [2.24, 2.45) is 0 Å². The molecule has 0 spiro atoms. The van der Waals surface area contributed by atoms with E-state index in [-0.39, 0.29) is 5.54 Å². The van der Waals surface area contributed by atoms with E-state index in [1.54, 1.807) is 0 Å². The molecule has 2 heteroatoms. The second-order valence-electron chi connectivity index (χ2n) is 4.55. The van der Waals surface area contributed by atoms with E-state index in [9.17, 15) is 0 Å². The van der Waals surface area contributed by atoms with E-state index in [4.69, 9.17) is 4.74 Å². The van der Waals surface area contributed by atoms with Crippen molar-refractivity contribution in [3.63, 3.8) is 0 Å². The second-order valence-corrected chi connectivity index (χ2v) is 4.55. The van der Waals surface area contributed by atoms with Gasteiger partial charge in [-0.2, -0.15) is 0 Å². The summed E-state index contributed by atoms with van der Waals surface area (Å²) in [4.78, 5) is 0. The molecule has 0 amide bonds. The first kappa shape index (κ1) is 12.1. The fourth-order valence-electron chi connectivity index (χ4n) is 1.18. The molecule has 84 valence electrons. The smallest absolute Gasteiger partial charge is 0.119 e. The first-order valence-corrected chi connectivity index (χ1v) is 5.42. The third-order valence-electron chi connectivity index (χ3n) is 2.69. The van der Waals surface area contributed by atoms with Crippen LogP contribution in [0.15, 0.2) is 24.3 Å². The van der Waals surface area contributed by atoms with E-state index < -0.39 is 0 Å². The molecule has 0 aliphatic rings. The first-order valence-electron chi connectivity index (χ1n) is 5.42. The summed E-state index contributed by atoms with van der Waals surface area (Å²) in [6, 6.07) is 8.17. The van der Waals surface area contributed by atoms with Gasteiger partial charge < -0.3 is 10.1 Å². The van der Waals surface area contributed by atoms with Gasteiger partial charge in [-0.3, -0.25) is 0 Å². The molecule has 15 heavy (non-hydrogen) atoms. The number of benzene rings is 1. The van der Waals surface area contributed by atoms with E-state index in [0.717, 1.165) is 18.8 Å². The molecule has 0 atom stereocenters. The molecule has 0 aliphatic carbocycles. The zero-order valence-electron chi connectivity index (χ0n) is 10.1. The van der Waals surface area contributed by atoms with Crippen molar-refractivity contribution in [3.8, 4) is 5.75 Å². The van der Waals surface area contributed by atoms with Crippen LogP contribution in [-0.4, -0.2) is 19.2 Å². The molecule has 0 bridgehead atoms. The Morgan fingerprint density at radius 1 is 1.20 bits per heavy atom. The van der Waals surface area contributed by atoms with Gasteiger partial charge in [-0.05, 0) is 46.4 Å². The van der Waals surface area contributed by atoms with Crippen LogP contribution in [0.5, 0.6) is 5.75 Å². The summed E-state index contributed by atoms with van der Waals surface area (Å²) in [6.07, 6.45) is 0.997. The Morgan fingerprint density at radius 3 is 2.33 bits per heavy atom. The summed E-state index contributed by atoms with van der Waals surface area (Å²) in [6.45, 7) is 7.17. The highest BCUT2D eigenvalue weighted by Gasteiger charge is 2.13. The van der Waals surface area contributed by atoms with E-state index in [0.29, 0.717) is 0 Å². The molecule has 2 nitrogen and oxygen atoms in total. The number of hydrogen-bond donors (Lipinski definition) is 1. The quantitative estimate of drug-likeness (QED) is 0.801. The van der Waals surface area contributed by atoms with Crippen LogP contribution in [0.3, 0.4) is 0 Å². The standard InChI is InChI=1S/C13H21NO/c1-11-5-7-12(8-6-11)15-10-9-13(2,3)14-4/h5-8,14H,9-10H2,1-4H3. The van der Waals surface area contributed by atoms with Gasteiger partial charge in [0.1, 0.15) is 5.75 Å². The van der Waals surface area contributed by atoms with Crippen LogP contribution >= 0.6 is 0 Å². The number of rotatable bonds is 5. The number of nitrogens with one attached hydrogen (secondary N) is 1. The Bertz CT molecular complexity index is 290. The highest BCUT2D eigenvalue weighted by atomic mass is 16.5. The van der Waals surface area contributed by atoms with Gasteiger partial charge in [0, 0.05) is 5.54 Å². The lowest BCUT2D eigenvalue weighted by Gasteiger charge is -2.23. The molecule has 1 N–H and O–H groups in total. The van der Waals surface area contributed by atoms with Crippen LogP contribution in [0.1, 0.15) is 25.8 Å². The largest absolute Gasteiger partial charge is 0.494 e. The Morgan fingerprint density at radius 2 is 1.80 bits per heavy atom. The normalized spacial score (nSPS) is 11.5. The Hall–Kier alpha value is -1.02. The minimum Gasteiger partial charge on any atom is -0.494 e. The molecule has 0 aromatic heterocycles. The Balaban J connectivity index is 2.35. The van der Waals surface area contributed by atoms with Gasteiger partial charge >= 0.3 is 0 Å². The Labute approximate surface area is 92.6 Å². The minimum atomic E-state index is 0.144. The summed E-state index contributed by atoms with van der Waals surface area (Å²) in [5, 5.41) is 3.26. The van der Waals surface area contributed by atoms with Crippen molar-refractivity contribution in [1.82, 2.24) is 5.32 Å². The zero-order chi connectivity index (χ0) is 11.3. The number of aryl methyl sites for hydroxylation is 1. The Kier molecular flexibility index (Phi) is 4.15. The topological polar surface area (TPSA) is 21.3 Å². The van der Waals surface area contributed by atoms with Crippen molar-refractivity contribution in [3.05, 3.63) is 29.8 Å². The molecule has 1 aromatic carbocycles. The SMILES string of the molecule is CNC(C)(C)CCOc1ccc(C)cc1. The third-order valence-corrected chi connectivity index (χ3v) is 2.69. The molecule has 0 unspecified atom stereocenters. The fraction of sp³-hybridized carbons (Fsp3) is 0.538. The lowest BCUT2D eigenvalue weighted by molar-refractivity contribution is 0.256. The van der Waals surface area contributed by atoms with Gasteiger partial charge in [0.05, 0.1) is 6.61 Å². The molecular weight excluding hydrogens is 186 g/mol. The van der Waals surface area contributed by atoms with Crippen LogP contribution in [0.25, 0.3) is 0 Å². The summed E-state index contributed by atoms with van der Waals surface area (Å²) in [5.41, 5.74) is 1.41. The monoisotopic (exact) mass is 207 g/mol. The fourth-order valence-corrected chi connectivity index (χ4v) is 1.18. The molecule has 0 saturated carbocycles. The van der Waals surface area contributed by atoms with Crippen molar-refractivity contribution >= 4 is 0 Å². The summed E-state index contributed by atoms with van der Waals surface area (Å²) in [5.74, 6) is 0.951. The summed E-state index contributed by atoms with van der Waals surface area (Å²) >= 11 is 0. The number of hydrogen-bond acceptors (Lipinski definition) is 2. The van der Waals surface area contributed by atoms with Crippen molar-refractivity contribution < 1.29 is 4.74 Å². The van der Waals surface area contributed by atoms with Gasteiger partial charge in [0.2, 0.25) is 0 Å². The molecule has 0 radical (unpaired) electrons. The maximum atomic E-state index is 5.66. The van der Waals surface area contributed by atoms with Crippen LogP contribution in [0.2, 0.25) is 0 Å². The molecular formula is C13H21NO. The maximum absolute atomic E-state index is 5.66. The third kappa shape index (κ3) is 4.34. The average molecular weight is 207 g/mol. The molecule has 1 rings (SSSR count). The lowest BCUT2D eigenvalue weighted by atomic mass is 10.0. The van der Waals surface area contributed by atoms with Gasteiger partial charge in [-0.1, -0.05) is 17.7 Å². The zero-order valence-corrected chi connectivity index (χ0v) is 10.1. The van der Waals surface area contributed by atoms with Gasteiger partial charge in [0.25, 0.3) is 0 Å². The van der Waals surface area contributed by atoms with E-state index >= 15 is 0 Å². The van der Waals surface area contributed by atoms with Crippen molar-refractivity contribution in [1.29, 1.82) is 0 Å². The molecule has 0 heterocycles. The minimum absolute atomic E-state index is 0.144. The van der Waals surface area contributed by atoms with Crippen LogP contribution in [-0.2, 0) is 0 Å². The molecule has 0 fully saturated rings. The van der Waals surface area contributed by atoms with Crippen LogP contribution in [0.4, 0.5) is 0 Å².